The van der Waals surface area contributed by atoms with Gasteiger partial charge in [-0.3, -0.25) is 9.36 Å². The summed E-state index contributed by atoms with van der Waals surface area (Å²) in [5, 5.41) is 8.56. The van der Waals surface area contributed by atoms with Crippen molar-refractivity contribution in [1.29, 1.82) is 0 Å². The summed E-state index contributed by atoms with van der Waals surface area (Å²) >= 11 is 1.26. The molecule has 1 heterocycles. The zero-order chi connectivity index (χ0) is 14.7. The molecule has 0 unspecified atom stereocenters. The topological polar surface area (TPSA) is 59.3 Å². The van der Waals surface area contributed by atoms with Crippen LogP contribution in [0.3, 0.4) is 0 Å². The maximum absolute atomic E-state index is 11.8. The molecule has 0 radical (unpaired) electrons. The van der Waals surface area contributed by atoms with E-state index in [-0.39, 0.29) is 4.87 Å². The van der Waals surface area contributed by atoms with Gasteiger partial charge in [-0.25, -0.2) is 4.79 Å². The number of carboxylic acids is 1. The highest BCUT2D eigenvalue weighted by Crippen LogP contribution is 2.13. The van der Waals surface area contributed by atoms with Gasteiger partial charge in [0.05, 0.1) is 6.54 Å². The van der Waals surface area contributed by atoms with Crippen molar-refractivity contribution < 1.29 is 9.90 Å². The third-order valence-electron chi connectivity index (χ3n) is 3.11. The molecule has 104 valence electrons. The monoisotopic (exact) mass is 289 g/mol. The van der Waals surface area contributed by atoms with E-state index in [1.165, 1.54) is 17.4 Å². The molecule has 0 aliphatic heterocycles. The zero-order valence-electron chi connectivity index (χ0n) is 11.3. The van der Waals surface area contributed by atoms with Crippen LogP contribution in [0.4, 0.5) is 0 Å². The number of nitrogens with zero attached hydrogens (tertiary/aromatic N) is 1. The first-order chi connectivity index (χ1) is 9.47. The van der Waals surface area contributed by atoms with Crippen LogP contribution < -0.4 is 4.87 Å². The SMILES string of the molecule is Cc1sc(=O)n(Cc2ccc(C=CC(=O)O)cc2)c1C. The minimum absolute atomic E-state index is 0.0508. The molecule has 2 rings (SSSR count). The second-order valence-electron chi connectivity index (χ2n) is 4.51. The lowest BCUT2D eigenvalue weighted by molar-refractivity contribution is -0.131. The molecule has 2 aromatic rings. The summed E-state index contributed by atoms with van der Waals surface area (Å²) in [5.41, 5.74) is 2.83. The maximum Gasteiger partial charge on any atom is 0.328 e. The van der Waals surface area contributed by atoms with Crippen LogP contribution in [0.15, 0.2) is 35.1 Å². The third kappa shape index (κ3) is 3.24. The normalized spacial score (nSPS) is 11.1. The number of aliphatic carboxylic acids is 1. The number of carboxylic acid groups (broad SMARTS) is 1. The summed E-state index contributed by atoms with van der Waals surface area (Å²) in [6.07, 6.45) is 2.64. The molecule has 1 N–H and O–H groups in total. The number of hydrogen-bond donors (Lipinski definition) is 1. The van der Waals surface area contributed by atoms with E-state index in [2.05, 4.69) is 0 Å². The van der Waals surface area contributed by atoms with Crippen LogP contribution in [0, 0.1) is 13.8 Å². The van der Waals surface area contributed by atoms with Crippen LogP contribution in [0.25, 0.3) is 6.08 Å². The minimum Gasteiger partial charge on any atom is -0.478 e. The fraction of sp³-hybridized carbons (Fsp3) is 0.200. The summed E-state index contributed by atoms with van der Waals surface area (Å²) in [4.78, 5) is 23.3. The summed E-state index contributed by atoms with van der Waals surface area (Å²) in [6, 6.07) is 7.49. The van der Waals surface area contributed by atoms with E-state index in [1.807, 2.05) is 38.1 Å². The van der Waals surface area contributed by atoms with Gasteiger partial charge in [0.1, 0.15) is 0 Å². The van der Waals surface area contributed by atoms with Crippen molar-refractivity contribution in [3.8, 4) is 0 Å². The van der Waals surface area contributed by atoms with Gasteiger partial charge in [0.25, 0.3) is 0 Å². The smallest absolute Gasteiger partial charge is 0.328 e. The van der Waals surface area contributed by atoms with E-state index < -0.39 is 5.97 Å². The van der Waals surface area contributed by atoms with E-state index in [4.69, 9.17) is 5.11 Å². The Hall–Kier alpha value is -2.14. The maximum atomic E-state index is 11.8. The van der Waals surface area contributed by atoms with Crippen molar-refractivity contribution in [3.63, 3.8) is 0 Å². The molecule has 0 saturated heterocycles. The number of carbonyl (C=O) groups is 1. The summed E-state index contributed by atoms with van der Waals surface area (Å²) in [5.74, 6) is -0.968. The Bertz CT molecular complexity index is 708. The largest absolute Gasteiger partial charge is 0.478 e. The van der Waals surface area contributed by atoms with Gasteiger partial charge in [-0.05, 0) is 31.1 Å². The van der Waals surface area contributed by atoms with Crippen LogP contribution in [-0.4, -0.2) is 15.6 Å². The molecule has 0 aliphatic carbocycles. The van der Waals surface area contributed by atoms with Crippen molar-refractivity contribution in [1.82, 2.24) is 4.57 Å². The van der Waals surface area contributed by atoms with Gasteiger partial charge in [0.15, 0.2) is 0 Å². The molecule has 0 aliphatic rings. The predicted molar refractivity (Wildman–Crippen MR) is 80.3 cm³/mol. The van der Waals surface area contributed by atoms with E-state index in [0.717, 1.165) is 27.8 Å². The molecule has 4 nitrogen and oxygen atoms in total. The first-order valence-corrected chi connectivity index (χ1v) is 6.96. The average molecular weight is 289 g/mol. The minimum atomic E-state index is -0.968. The Labute approximate surface area is 120 Å². The molecule has 0 amide bonds. The van der Waals surface area contributed by atoms with Crippen molar-refractivity contribution in [2.75, 3.05) is 0 Å². The highest BCUT2D eigenvalue weighted by Gasteiger charge is 2.07. The Balaban J connectivity index is 2.19. The molecule has 5 heteroatoms. The van der Waals surface area contributed by atoms with E-state index in [1.54, 1.807) is 4.57 Å². The summed E-state index contributed by atoms with van der Waals surface area (Å²) < 4.78 is 1.75. The highest BCUT2D eigenvalue weighted by molar-refractivity contribution is 7.09. The molecule has 0 spiro atoms. The standard InChI is InChI=1S/C15H15NO3S/c1-10-11(2)20-15(19)16(10)9-13-5-3-12(4-6-13)7-8-14(17)18/h3-8H,9H2,1-2H3,(H,17,18). The Morgan fingerprint density at radius 1 is 1.30 bits per heavy atom. The van der Waals surface area contributed by atoms with E-state index in [0.29, 0.717) is 6.54 Å². The quantitative estimate of drug-likeness (QED) is 0.880. The lowest BCUT2D eigenvalue weighted by atomic mass is 10.1. The summed E-state index contributed by atoms with van der Waals surface area (Å²) in [6.45, 7) is 4.42. The van der Waals surface area contributed by atoms with Crippen molar-refractivity contribution in [2.24, 2.45) is 0 Å². The predicted octanol–water partition coefficient (Wildman–Crippen LogP) is 2.67. The van der Waals surface area contributed by atoms with Gasteiger partial charge < -0.3 is 5.11 Å². The molecule has 0 fully saturated rings. The van der Waals surface area contributed by atoms with Gasteiger partial charge in [0.2, 0.25) is 0 Å². The van der Waals surface area contributed by atoms with Crippen molar-refractivity contribution in [2.45, 2.75) is 20.4 Å². The second kappa shape index (κ2) is 5.88. The third-order valence-corrected chi connectivity index (χ3v) is 4.11. The van der Waals surface area contributed by atoms with Crippen LogP contribution in [0.1, 0.15) is 21.7 Å². The second-order valence-corrected chi connectivity index (χ2v) is 5.67. The Morgan fingerprint density at radius 3 is 2.45 bits per heavy atom. The van der Waals surface area contributed by atoms with Gasteiger partial charge >= 0.3 is 10.8 Å². The number of hydrogen-bond acceptors (Lipinski definition) is 3. The molecule has 20 heavy (non-hydrogen) atoms. The number of aryl methyl sites for hydroxylation is 1. The van der Waals surface area contributed by atoms with Crippen molar-refractivity contribution in [3.05, 3.63) is 61.7 Å². The molecular weight excluding hydrogens is 274 g/mol. The van der Waals surface area contributed by atoms with Gasteiger partial charge in [0, 0.05) is 16.6 Å². The number of benzene rings is 1. The van der Waals surface area contributed by atoms with Gasteiger partial charge in [-0.1, -0.05) is 35.6 Å². The zero-order valence-corrected chi connectivity index (χ0v) is 12.1. The molecule has 0 bridgehead atoms. The summed E-state index contributed by atoms with van der Waals surface area (Å²) in [7, 11) is 0. The first-order valence-electron chi connectivity index (χ1n) is 6.14. The average Bonchev–Trinajstić information content (AvgIpc) is 2.64. The Kier molecular flexibility index (Phi) is 4.20. The van der Waals surface area contributed by atoms with Crippen LogP contribution in [0.2, 0.25) is 0 Å². The van der Waals surface area contributed by atoms with Gasteiger partial charge in [-0.2, -0.15) is 0 Å². The lowest BCUT2D eigenvalue weighted by Gasteiger charge is -2.05. The van der Waals surface area contributed by atoms with Crippen molar-refractivity contribution >= 4 is 23.4 Å². The Morgan fingerprint density at radius 2 is 1.95 bits per heavy atom. The molecule has 1 aromatic heterocycles. The molecule has 0 atom stereocenters. The first kappa shape index (κ1) is 14.3. The lowest BCUT2D eigenvalue weighted by Crippen LogP contribution is -2.15. The number of aromatic nitrogens is 1. The number of thiazole rings is 1. The van der Waals surface area contributed by atoms with Gasteiger partial charge in [-0.15, -0.1) is 0 Å². The fourth-order valence-corrected chi connectivity index (χ4v) is 2.69. The number of rotatable bonds is 4. The van der Waals surface area contributed by atoms with Crippen LogP contribution in [-0.2, 0) is 11.3 Å². The van der Waals surface area contributed by atoms with Crippen LogP contribution in [0.5, 0.6) is 0 Å². The fourth-order valence-electron chi connectivity index (χ4n) is 1.85. The van der Waals surface area contributed by atoms with E-state index >= 15 is 0 Å². The molecule has 1 aromatic carbocycles. The molecule has 0 saturated carbocycles. The van der Waals surface area contributed by atoms with E-state index in [9.17, 15) is 9.59 Å². The highest BCUT2D eigenvalue weighted by atomic mass is 32.1. The molecular formula is C15H15NO3S. The van der Waals surface area contributed by atoms with Crippen LogP contribution >= 0.6 is 11.3 Å².